The second kappa shape index (κ2) is 10.6. The van der Waals surface area contributed by atoms with Gasteiger partial charge in [-0.15, -0.1) is 0 Å². The van der Waals surface area contributed by atoms with Crippen molar-refractivity contribution in [2.45, 2.75) is 32.7 Å². The maximum atomic E-state index is 13.6. The summed E-state index contributed by atoms with van der Waals surface area (Å²) in [6.45, 7) is 3.79. The first-order chi connectivity index (χ1) is 14.6. The summed E-state index contributed by atoms with van der Waals surface area (Å²) in [5.74, 6) is 0.454. The number of likely N-dealkylation sites (tertiary alicyclic amines) is 1. The molecule has 0 unspecified atom stereocenters. The van der Waals surface area contributed by atoms with Crippen LogP contribution in [0, 0.1) is 11.7 Å². The molecule has 2 N–H and O–H groups in total. The molecule has 3 amide bonds. The van der Waals surface area contributed by atoms with Crippen molar-refractivity contribution in [2.75, 3.05) is 25.0 Å². The highest BCUT2D eigenvalue weighted by molar-refractivity contribution is 5.91. The molecule has 0 atom stereocenters. The number of para-hydroxylation sites is 2. The van der Waals surface area contributed by atoms with Crippen LogP contribution in [0.25, 0.3) is 0 Å². The Kier molecular flexibility index (Phi) is 7.65. The fourth-order valence-corrected chi connectivity index (χ4v) is 3.56. The average Bonchev–Trinajstić information content (AvgIpc) is 2.75. The fourth-order valence-electron chi connectivity index (χ4n) is 3.56. The van der Waals surface area contributed by atoms with Crippen molar-refractivity contribution < 1.29 is 18.7 Å². The van der Waals surface area contributed by atoms with E-state index in [1.807, 2.05) is 31.2 Å². The topological polar surface area (TPSA) is 70.7 Å². The van der Waals surface area contributed by atoms with Gasteiger partial charge in [0.25, 0.3) is 0 Å². The molecule has 160 valence electrons. The number of carbonyl (C=O) groups excluding carboxylic acids is 2. The van der Waals surface area contributed by atoms with Gasteiger partial charge in [0, 0.05) is 31.6 Å². The largest absolute Gasteiger partial charge is 0.492 e. The Hall–Kier alpha value is -3.09. The third kappa shape index (κ3) is 5.95. The van der Waals surface area contributed by atoms with E-state index in [0.29, 0.717) is 43.1 Å². The summed E-state index contributed by atoms with van der Waals surface area (Å²) in [7, 11) is 0. The first kappa shape index (κ1) is 21.6. The van der Waals surface area contributed by atoms with Gasteiger partial charge in [-0.1, -0.05) is 30.3 Å². The van der Waals surface area contributed by atoms with Gasteiger partial charge in [0.2, 0.25) is 5.91 Å². The molecule has 2 aromatic carbocycles. The molecule has 2 aromatic rings. The van der Waals surface area contributed by atoms with Gasteiger partial charge in [-0.05, 0) is 43.9 Å². The van der Waals surface area contributed by atoms with E-state index in [1.165, 1.54) is 6.07 Å². The van der Waals surface area contributed by atoms with Gasteiger partial charge in [0.1, 0.15) is 11.6 Å². The number of benzene rings is 2. The molecule has 1 heterocycles. The van der Waals surface area contributed by atoms with Crippen LogP contribution < -0.4 is 15.4 Å². The molecule has 0 saturated carbocycles. The number of urea groups is 1. The highest BCUT2D eigenvalue weighted by Gasteiger charge is 2.25. The molecule has 0 spiro atoms. The number of halogens is 1. The molecule has 0 radical (unpaired) electrons. The summed E-state index contributed by atoms with van der Waals surface area (Å²) in [6.07, 6.45) is 1.90. The van der Waals surface area contributed by atoms with Gasteiger partial charge in [0.15, 0.2) is 0 Å². The van der Waals surface area contributed by atoms with E-state index in [4.69, 9.17) is 4.74 Å². The van der Waals surface area contributed by atoms with Crippen molar-refractivity contribution >= 4 is 17.6 Å². The maximum Gasteiger partial charge on any atom is 0.321 e. The Morgan fingerprint density at radius 3 is 2.53 bits per heavy atom. The lowest BCUT2D eigenvalue weighted by Gasteiger charge is -2.32. The van der Waals surface area contributed by atoms with Crippen molar-refractivity contribution in [2.24, 2.45) is 5.92 Å². The minimum Gasteiger partial charge on any atom is -0.492 e. The second-order valence-corrected chi connectivity index (χ2v) is 7.36. The molecule has 1 aliphatic heterocycles. The molecule has 1 fully saturated rings. The number of ether oxygens (including phenoxy) is 1. The summed E-state index contributed by atoms with van der Waals surface area (Å²) in [5.41, 5.74) is 1.13. The molecule has 3 rings (SSSR count). The van der Waals surface area contributed by atoms with Gasteiger partial charge in [-0.2, -0.15) is 0 Å². The summed E-state index contributed by atoms with van der Waals surface area (Å²) >= 11 is 0. The van der Waals surface area contributed by atoms with Crippen molar-refractivity contribution in [3.05, 3.63) is 59.9 Å². The van der Waals surface area contributed by atoms with Crippen molar-refractivity contribution in [3.63, 3.8) is 0 Å². The van der Waals surface area contributed by atoms with Crippen LogP contribution in [0.3, 0.4) is 0 Å². The molecule has 6 nitrogen and oxygen atoms in total. The van der Waals surface area contributed by atoms with Crippen molar-refractivity contribution in [1.82, 2.24) is 10.2 Å². The van der Waals surface area contributed by atoms with Crippen LogP contribution in [-0.2, 0) is 11.3 Å². The predicted octanol–water partition coefficient (Wildman–Crippen LogP) is 4.17. The number of amides is 3. The fraction of sp³-hybridized carbons (Fsp3) is 0.391. The van der Waals surface area contributed by atoms with Crippen LogP contribution in [0.1, 0.15) is 31.7 Å². The second-order valence-electron chi connectivity index (χ2n) is 7.36. The molecule has 7 heteroatoms. The van der Waals surface area contributed by atoms with Crippen LogP contribution in [0.2, 0.25) is 0 Å². The monoisotopic (exact) mass is 413 g/mol. The van der Waals surface area contributed by atoms with Crippen LogP contribution in [0.15, 0.2) is 48.5 Å². The van der Waals surface area contributed by atoms with E-state index in [0.717, 1.165) is 12.8 Å². The quantitative estimate of drug-likeness (QED) is 0.716. The van der Waals surface area contributed by atoms with Crippen LogP contribution in [0.4, 0.5) is 14.9 Å². The number of carbonyl (C=O) groups is 2. The van der Waals surface area contributed by atoms with Crippen LogP contribution in [-0.4, -0.2) is 36.5 Å². The lowest BCUT2D eigenvalue weighted by atomic mass is 9.93. The van der Waals surface area contributed by atoms with Gasteiger partial charge >= 0.3 is 6.03 Å². The number of anilines is 1. The van der Waals surface area contributed by atoms with Gasteiger partial charge < -0.3 is 20.3 Å². The predicted molar refractivity (Wildman–Crippen MR) is 114 cm³/mol. The smallest absolute Gasteiger partial charge is 0.321 e. The Bertz CT molecular complexity index is 866. The lowest BCUT2D eigenvalue weighted by molar-refractivity contribution is -0.122. The van der Waals surface area contributed by atoms with E-state index in [-0.39, 0.29) is 30.2 Å². The zero-order valence-corrected chi connectivity index (χ0v) is 17.2. The van der Waals surface area contributed by atoms with Gasteiger partial charge in [-0.3, -0.25) is 4.79 Å². The molecule has 0 aromatic heterocycles. The average molecular weight is 413 g/mol. The summed E-state index contributed by atoms with van der Waals surface area (Å²) in [5, 5.41) is 5.70. The van der Waals surface area contributed by atoms with E-state index in [2.05, 4.69) is 10.6 Å². The summed E-state index contributed by atoms with van der Waals surface area (Å²) in [6, 6.07) is 13.6. The number of nitrogens with one attached hydrogen (secondary N) is 2. The number of hydrogen-bond acceptors (Lipinski definition) is 3. The standard InChI is InChI=1S/C23H28FN3O3/c1-2-30-21-10-6-5-9-20(21)26-23(29)27-13-11-17(12-14-27)15-22(28)25-16-18-7-3-4-8-19(18)24/h3-10,17H,2,11-16H2,1H3,(H,25,28)(H,26,29). The van der Waals surface area contributed by atoms with Gasteiger partial charge in [-0.25, -0.2) is 9.18 Å². The zero-order chi connectivity index (χ0) is 21.3. The summed E-state index contributed by atoms with van der Waals surface area (Å²) in [4.78, 5) is 26.6. The van der Waals surface area contributed by atoms with Gasteiger partial charge in [0.05, 0.1) is 12.3 Å². The summed E-state index contributed by atoms with van der Waals surface area (Å²) < 4.78 is 19.2. The Morgan fingerprint density at radius 2 is 1.80 bits per heavy atom. The number of hydrogen-bond donors (Lipinski definition) is 2. The van der Waals surface area contributed by atoms with E-state index in [9.17, 15) is 14.0 Å². The zero-order valence-electron chi connectivity index (χ0n) is 17.2. The molecule has 0 bridgehead atoms. The molecular formula is C23H28FN3O3. The normalized spacial score (nSPS) is 14.3. The minimum absolute atomic E-state index is 0.0909. The molecule has 1 saturated heterocycles. The van der Waals surface area contributed by atoms with Crippen LogP contribution in [0.5, 0.6) is 5.75 Å². The van der Waals surface area contributed by atoms with E-state index in [1.54, 1.807) is 23.1 Å². The Morgan fingerprint density at radius 1 is 1.10 bits per heavy atom. The number of nitrogens with zero attached hydrogens (tertiary/aromatic N) is 1. The van der Waals surface area contributed by atoms with Crippen molar-refractivity contribution in [3.8, 4) is 5.75 Å². The highest BCUT2D eigenvalue weighted by Crippen LogP contribution is 2.25. The molecule has 0 aliphatic carbocycles. The Balaban J connectivity index is 1.42. The minimum atomic E-state index is -0.317. The SMILES string of the molecule is CCOc1ccccc1NC(=O)N1CCC(CC(=O)NCc2ccccc2F)CC1. The number of rotatable bonds is 7. The lowest BCUT2D eigenvalue weighted by Crippen LogP contribution is -2.42. The first-order valence-electron chi connectivity index (χ1n) is 10.3. The highest BCUT2D eigenvalue weighted by atomic mass is 19.1. The first-order valence-corrected chi connectivity index (χ1v) is 10.3. The van der Waals surface area contributed by atoms with Crippen molar-refractivity contribution in [1.29, 1.82) is 0 Å². The van der Waals surface area contributed by atoms with E-state index >= 15 is 0 Å². The maximum absolute atomic E-state index is 13.6. The molecular weight excluding hydrogens is 385 g/mol. The molecule has 1 aliphatic rings. The molecule has 30 heavy (non-hydrogen) atoms. The number of piperidine rings is 1. The third-order valence-electron chi connectivity index (χ3n) is 5.24. The third-order valence-corrected chi connectivity index (χ3v) is 5.24. The van der Waals surface area contributed by atoms with E-state index < -0.39 is 0 Å². The van der Waals surface area contributed by atoms with Crippen LogP contribution >= 0.6 is 0 Å². The Labute approximate surface area is 176 Å².